The molecule has 2 atom stereocenters. The predicted octanol–water partition coefficient (Wildman–Crippen LogP) is 5.95. The summed E-state index contributed by atoms with van der Waals surface area (Å²) in [7, 11) is 2.02. The highest BCUT2D eigenvalue weighted by Crippen LogP contribution is 2.42. The Morgan fingerprint density at radius 3 is 2.59 bits per heavy atom. The van der Waals surface area contributed by atoms with Crippen LogP contribution in [0.1, 0.15) is 48.4 Å². The molecule has 1 aliphatic rings. The maximum Gasteiger partial charge on any atom is 0.0591 e. The van der Waals surface area contributed by atoms with Gasteiger partial charge in [0.1, 0.15) is 0 Å². The van der Waals surface area contributed by atoms with Crippen LogP contribution in [0.5, 0.6) is 0 Å². The molecule has 0 bridgehead atoms. The second-order valence-electron chi connectivity index (χ2n) is 5.81. The first-order valence-electron chi connectivity index (χ1n) is 7.63. The molecule has 0 fully saturated rings. The Bertz CT molecular complexity index is 628. The van der Waals surface area contributed by atoms with Crippen LogP contribution in [0.4, 0.5) is 0 Å². The number of nitrogens with one attached hydrogen (secondary N) is 1. The molecule has 2 unspecified atom stereocenters. The summed E-state index contributed by atoms with van der Waals surface area (Å²) in [4.78, 5) is 0. The number of hydrogen-bond acceptors (Lipinski definition) is 1. The zero-order valence-electron chi connectivity index (χ0n) is 13.4. The van der Waals surface area contributed by atoms with Crippen molar-refractivity contribution in [3.8, 4) is 0 Å². The second kappa shape index (κ2) is 7.50. The third-order valence-electron chi connectivity index (χ3n) is 4.33. The van der Waals surface area contributed by atoms with Crippen LogP contribution in [0.15, 0.2) is 52.6 Å². The molecule has 1 aromatic rings. The summed E-state index contributed by atoms with van der Waals surface area (Å²) < 4.78 is 0. The van der Waals surface area contributed by atoms with Gasteiger partial charge >= 0.3 is 0 Å². The maximum absolute atomic E-state index is 6.24. The molecule has 2 rings (SSSR count). The first kappa shape index (κ1) is 17.3. The summed E-state index contributed by atoms with van der Waals surface area (Å²) in [6, 6.07) is 7.09. The minimum Gasteiger partial charge on any atom is -0.313 e. The summed E-state index contributed by atoms with van der Waals surface area (Å²) in [6.07, 6.45) is 5.86. The van der Waals surface area contributed by atoms with Gasteiger partial charge in [-0.05, 0) is 56.5 Å². The smallest absolute Gasteiger partial charge is 0.0591 e. The SMILES string of the molecule is C=C(C=C(Cl)C(Cl)=CC)C1CCC(NC)c2cc(C)ccc21. The van der Waals surface area contributed by atoms with E-state index in [1.165, 1.54) is 16.7 Å². The van der Waals surface area contributed by atoms with Gasteiger partial charge in [0.25, 0.3) is 0 Å². The van der Waals surface area contributed by atoms with Crippen LogP contribution in [-0.4, -0.2) is 7.05 Å². The van der Waals surface area contributed by atoms with E-state index in [0.717, 1.165) is 18.4 Å². The first-order valence-corrected chi connectivity index (χ1v) is 8.39. The van der Waals surface area contributed by atoms with Crippen LogP contribution >= 0.6 is 23.2 Å². The molecule has 1 nitrogen and oxygen atoms in total. The molecule has 0 spiro atoms. The van der Waals surface area contributed by atoms with E-state index in [1.807, 2.05) is 20.0 Å². The monoisotopic (exact) mass is 335 g/mol. The third kappa shape index (κ3) is 3.65. The average Bonchev–Trinajstić information content (AvgIpc) is 2.52. The molecule has 0 aliphatic heterocycles. The van der Waals surface area contributed by atoms with Gasteiger partial charge in [-0.3, -0.25) is 0 Å². The molecule has 0 radical (unpaired) electrons. The van der Waals surface area contributed by atoms with Crippen LogP contribution in [0.25, 0.3) is 0 Å². The van der Waals surface area contributed by atoms with Gasteiger partial charge in [0.05, 0.1) is 10.1 Å². The minimum atomic E-state index is 0.301. The Balaban J connectivity index is 2.36. The van der Waals surface area contributed by atoms with E-state index in [1.54, 1.807) is 6.08 Å². The van der Waals surface area contributed by atoms with Crippen molar-refractivity contribution in [2.24, 2.45) is 0 Å². The summed E-state index contributed by atoms with van der Waals surface area (Å²) in [5, 5.41) is 4.53. The molecule has 0 aromatic heterocycles. The molecule has 1 aliphatic carbocycles. The zero-order chi connectivity index (χ0) is 16.3. The number of fused-ring (bicyclic) bond motifs is 1. The zero-order valence-corrected chi connectivity index (χ0v) is 14.9. The molecular weight excluding hydrogens is 313 g/mol. The van der Waals surface area contributed by atoms with Crippen molar-refractivity contribution in [1.82, 2.24) is 5.32 Å². The van der Waals surface area contributed by atoms with Crippen LogP contribution in [0.2, 0.25) is 0 Å². The highest BCUT2D eigenvalue weighted by Gasteiger charge is 2.27. The van der Waals surface area contributed by atoms with Gasteiger partial charge in [0.2, 0.25) is 0 Å². The fourth-order valence-electron chi connectivity index (χ4n) is 3.11. The van der Waals surface area contributed by atoms with Crippen LogP contribution in [0.3, 0.4) is 0 Å². The van der Waals surface area contributed by atoms with Gasteiger partial charge in [-0.25, -0.2) is 0 Å². The van der Waals surface area contributed by atoms with E-state index in [2.05, 4.69) is 37.0 Å². The number of halogens is 2. The molecule has 1 N–H and O–H groups in total. The quantitative estimate of drug-likeness (QED) is 0.670. The Morgan fingerprint density at radius 2 is 1.95 bits per heavy atom. The standard InChI is InChI=1S/C19H23Cl2N/c1-5-17(20)18(21)11-13(3)14-8-9-19(22-4)16-10-12(2)6-7-15(14)16/h5-7,10-11,14,19,22H,3,8-9H2,1-2,4H3. The van der Waals surface area contributed by atoms with Crippen molar-refractivity contribution in [3.05, 3.63) is 69.3 Å². The van der Waals surface area contributed by atoms with Crippen molar-refractivity contribution in [2.45, 2.75) is 38.6 Å². The minimum absolute atomic E-state index is 0.301. The van der Waals surface area contributed by atoms with E-state index in [9.17, 15) is 0 Å². The molecule has 0 heterocycles. The Labute approximate surface area is 143 Å². The van der Waals surface area contributed by atoms with E-state index >= 15 is 0 Å². The van der Waals surface area contributed by atoms with Gasteiger partial charge in [0.15, 0.2) is 0 Å². The summed E-state index contributed by atoms with van der Waals surface area (Å²) in [6.45, 7) is 8.25. The van der Waals surface area contributed by atoms with Gasteiger partial charge in [-0.1, -0.05) is 59.6 Å². The third-order valence-corrected chi connectivity index (χ3v) is 5.16. The lowest BCUT2D eigenvalue weighted by atomic mass is 9.76. The van der Waals surface area contributed by atoms with E-state index in [4.69, 9.17) is 23.2 Å². The molecular formula is C19H23Cl2N. The lowest BCUT2D eigenvalue weighted by Crippen LogP contribution is -2.24. The number of rotatable bonds is 4. The molecule has 1 aromatic carbocycles. The molecule has 118 valence electrons. The van der Waals surface area contributed by atoms with Crippen molar-refractivity contribution >= 4 is 23.2 Å². The maximum atomic E-state index is 6.24. The summed E-state index contributed by atoms with van der Waals surface area (Å²) >= 11 is 12.3. The number of hydrogen-bond donors (Lipinski definition) is 1. The average molecular weight is 336 g/mol. The van der Waals surface area contributed by atoms with E-state index in [0.29, 0.717) is 22.0 Å². The van der Waals surface area contributed by atoms with Gasteiger partial charge in [-0.15, -0.1) is 0 Å². The van der Waals surface area contributed by atoms with Crippen LogP contribution < -0.4 is 5.32 Å². The Kier molecular flexibility index (Phi) is 5.91. The van der Waals surface area contributed by atoms with Gasteiger partial charge < -0.3 is 5.32 Å². The number of allylic oxidation sites excluding steroid dienone is 5. The predicted molar refractivity (Wildman–Crippen MR) is 97.6 cm³/mol. The summed E-state index contributed by atoms with van der Waals surface area (Å²) in [5.41, 5.74) is 5.03. The fourth-order valence-corrected chi connectivity index (χ4v) is 3.42. The number of benzene rings is 1. The lowest BCUT2D eigenvalue weighted by molar-refractivity contribution is 0.470. The van der Waals surface area contributed by atoms with Gasteiger partial charge in [-0.2, -0.15) is 0 Å². The lowest BCUT2D eigenvalue weighted by Gasteiger charge is -2.32. The van der Waals surface area contributed by atoms with Crippen molar-refractivity contribution in [1.29, 1.82) is 0 Å². The van der Waals surface area contributed by atoms with Crippen LogP contribution in [-0.2, 0) is 0 Å². The molecule has 0 amide bonds. The molecule has 3 heteroatoms. The van der Waals surface area contributed by atoms with E-state index < -0.39 is 0 Å². The topological polar surface area (TPSA) is 12.0 Å². The Morgan fingerprint density at radius 1 is 1.23 bits per heavy atom. The van der Waals surface area contributed by atoms with Crippen molar-refractivity contribution in [2.75, 3.05) is 7.05 Å². The molecule has 0 saturated heterocycles. The molecule has 0 saturated carbocycles. The van der Waals surface area contributed by atoms with Crippen molar-refractivity contribution in [3.63, 3.8) is 0 Å². The van der Waals surface area contributed by atoms with Gasteiger partial charge in [0, 0.05) is 12.0 Å². The van der Waals surface area contributed by atoms with E-state index in [-0.39, 0.29) is 0 Å². The largest absolute Gasteiger partial charge is 0.313 e. The second-order valence-corrected chi connectivity index (χ2v) is 6.62. The van der Waals surface area contributed by atoms with Crippen molar-refractivity contribution < 1.29 is 0 Å². The highest BCUT2D eigenvalue weighted by molar-refractivity contribution is 6.44. The normalized spacial score (nSPS) is 22.4. The number of aryl methyl sites for hydroxylation is 1. The fraction of sp³-hybridized carbons (Fsp3) is 0.368. The van der Waals surface area contributed by atoms with Crippen LogP contribution in [0, 0.1) is 6.92 Å². The highest BCUT2D eigenvalue weighted by atomic mass is 35.5. The summed E-state index contributed by atoms with van der Waals surface area (Å²) in [5.74, 6) is 0.301. The Hall–Kier alpha value is -1.02. The first-order chi connectivity index (χ1) is 10.5. The molecule has 22 heavy (non-hydrogen) atoms.